The summed E-state index contributed by atoms with van der Waals surface area (Å²) in [6.07, 6.45) is 10.7. The van der Waals surface area contributed by atoms with Crippen LogP contribution < -0.4 is 16.0 Å². The van der Waals surface area contributed by atoms with Crippen molar-refractivity contribution in [1.29, 1.82) is 0 Å². The fraction of sp³-hybridized carbons (Fsp3) is 0.250. The van der Waals surface area contributed by atoms with Crippen molar-refractivity contribution in [3.63, 3.8) is 0 Å². The molecule has 1 saturated heterocycles. The second-order valence-corrected chi connectivity index (χ2v) is 8.18. The summed E-state index contributed by atoms with van der Waals surface area (Å²) < 4.78 is 0. The minimum absolute atomic E-state index is 0.100. The molecule has 1 atom stereocenters. The number of carbonyl (C=O) groups excluding carboxylic acids is 1. The van der Waals surface area contributed by atoms with E-state index in [0.29, 0.717) is 16.9 Å². The first-order valence-corrected chi connectivity index (χ1v) is 10.7. The maximum Gasteiger partial charge on any atom is 0.257 e. The van der Waals surface area contributed by atoms with E-state index in [2.05, 4.69) is 36.2 Å². The highest BCUT2D eigenvalue weighted by Crippen LogP contribution is 2.41. The smallest absolute Gasteiger partial charge is 0.257 e. The quantitative estimate of drug-likeness (QED) is 0.459. The first-order valence-electron chi connectivity index (χ1n) is 10.7. The molecule has 5 heterocycles. The van der Waals surface area contributed by atoms with Crippen molar-refractivity contribution >= 4 is 28.3 Å². The summed E-state index contributed by atoms with van der Waals surface area (Å²) in [7, 11) is 0. The average molecular weight is 428 g/mol. The van der Waals surface area contributed by atoms with E-state index >= 15 is 0 Å². The van der Waals surface area contributed by atoms with Gasteiger partial charge in [0.2, 0.25) is 0 Å². The molecule has 8 nitrogen and oxygen atoms in total. The first kappa shape index (κ1) is 20.1. The minimum atomic E-state index is -0.220. The Bertz CT molecular complexity index is 1250. The molecule has 5 rings (SSSR count). The zero-order chi connectivity index (χ0) is 22.1. The molecule has 0 aromatic carbocycles. The lowest BCUT2D eigenvalue weighted by Crippen LogP contribution is -2.43. The highest BCUT2D eigenvalue weighted by molar-refractivity contribution is 6.13. The topological polar surface area (TPSA) is 113 Å². The van der Waals surface area contributed by atoms with E-state index in [1.54, 1.807) is 30.7 Å². The van der Waals surface area contributed by atoms with E-state index in [1.165, 1.54) is 0 Å². The van der Waals surface area contributed by atoms with Gasteiger partial charge in [0.25, 0.3) is 5.91 Å². The number of rotatable bonds is 4. The van der Waals surface area contributed by atoms with E-state index in [1.807, 2.05) is 25.4 Å². The van der Waals surface area contributed by atoms with Gasteiger partial charge in [-0.1, -0.05) is 6.07 Å². The standard InChI is InChI=1S/C24H25N7O/c1-15-6-7-16(11-27-15)19-12-28-23-21(22(19)31-9-3-5-18(25)14-31)20(13-29-23)30-24(32)17-4-2-8-26-10-17/h2,4,6-8,10-13,18H,3,5,9,14,25H2,1H3,(H,28,29)(H,30,32)/t18-/m1/s1. The van der Waals surface area contributed by atoms with E-state index in [0.717, 1.165) is 53.8 Å². The normalized spacial score (nSPS) is 16.3. The Kier molecular flexibility index (Phi) is 5.28. The monoisotopic (exact) mass is 427 g/mol. The third kappa shape index (κ3) is 3.80. The van der Waals surface area contributed by atoms with Crippen LogP contribution in [-0.2, 0) is 0 Å². The number of pyridine rings is 3. The number of anilines is 2. The van der Waals surface area contributed by atoms with Gasteiger partial charge >= 0.3 is 0 Å². The Morgan fingerprint density at radius 3 is 2.88 bits per heavy atom. The van der Waals surface area contributed by atoms with Gasteiger partial charge in [-0.3, -0.25) is 14.8 Å². The molecular formula is C24H25N7O. The Labute approximate surface area is 185 Å². The third-order valence-electron chi connectivity index (χ3n) is 5.84. The van der Waals surface area contributed by atoms with E-state index in [4.69, 9.17) is 5.73 Å². The van der Waals surface area contributed by atoms with Crippen LogP contribution in [0.25, 0.3) is 22.2 Å². The molecule has 0 saturated carbocycles. The summed E-state index contributed by atoms with van der Waals surface area (Å²) >= 11 is 0. The second kappa shape index (κ2) is 8.39. The molecule has 1 aliphatic rings. The molecule has 0 radical (unpaired) electrons. The molecule has 0 unspecified atom stereocenters. The van der Waals surface area contributed by atoms with Crippen LogP contribution >= 0.6 is 0 Å². The number of H-pyrrole nitrogens is 1. The number of carbonyl (C=O) groups is 1. The maximum absolute atomic E-state index is 12.9. The summed E-state index contributed by atoms with van der Waals surface area (Å²) in [5.74, 6) is -0.220. The molecular weight excluding hydrogens is 402 g/mol. The summed E-state index contributed by atoms with van der Waals surface area (Å²) in [6.45, 7) is 3.60. The number of aromatic amines is 1. The van der Waals surface area contributed by atoms with Crippen LogP contribution in [0.1, 0.15) is 28.9 Å². The molecule has 0 aliphatic carbocycles. The van der Waals surface area contributed by atoms with Crippen LogP contribution in [0.4, 0.5) is 11.4 Å². The van der Waals surface area contributed by atoms with Gasteiger partial charge in [0.1, 0.15) is 5.65 Å². The van der Waals surface area contributed by atoms with Crippen LogP contribution in [0.2, 0.25) is 0 Å². The predicted molar refractivity (Wildman–Crippen MR) is 126 cm³/mol. The van der Waals surface area contributed by atoms with Crippen LogP contribution in [0.15, 0.2) is 55.2 Å². The molecule has 0 spiro atoms. The van der Waals surface area contributed by atoms with Crippen molar-refractivity contribution < 1.29 is 4.79 Å². The lowest BCUT2D eigenvalue weighted by molar-refractivity contribution is 0.102. The van der Waals surface area contributed by atoms with Gasteiger partial charge in [0.15, 0.2) is 0 Å². The van der Waals surface area contributed by atoms with Crippen molar-refractivity contribution in [3.05, 3.63) is 66.5 Å². The van der Waals surface area contributed by atoms with Gasteiger partial charge in [-0.05, 0) is 38.0 Å². The summed E-state index contributed by atoms with van der Waals surface area (Å²) in [5, 5.41) is 3.91. The Balaban J connectivity index is 1.65. The van der Waals surface area contributed by atoms with Gasteiger partial charge < -0.3 is 20.9 Å². The van der Waals surface area contributed by atoms with E-state index in [9.17, 15) is 4.79 Å². The summed E-state index contributed by atoms with van der Waals surface area (Å²) in [6, 6.07) is 7.63. The lowest BCUT2D eigenvalue weighted by atomic mass is 10.00. The fourth-order valence-corrected chi connectivity index (χ4v) is 4.25. The molecule has 1 fully saturated rings. The number of fused-ring (bicyclic) bond motifs is 1. The Hall–Kier alpha value is -3.78. The number of nitrogens with two attached hydrogens (primary N) is 1. The van der Waals surface area contributed by atoms with Crippen molar-refractivity contribution in [1.82, 2.24) is 19.9 Å². The number of amides is 1. The molecule has 0 bridgehead atoms. The van der Waals surface area contributed by atoms with E-state index in [-0.39, 0.29) is 11.9 Å². The molecule has 4 aromatic heterocycles. The second-order valence-electron chi connectivity index (χ2n) is 8.18. The number of piperidine rings is 1. The molecule has 4 N–H and O–H groups in total. The molecule has 162 valence electrons. The number of aryl methyl sites for hydroxylation is 1. The number of aromatic nitrogens is 4. The van der Waals surface area contributed by atoms with Gasteiger partial charge in [0.05, 0.1) is 22.3 Å². The third-order valence-corrected chi connectivity index (χ3v) is 5.84. The highest BCUT2D eigenvalue weighted by Gasteiger charge is 2.25. The number of hydrogen-bond acceptors (Lipinski definition) is 6. The molecule has 1 aliphatic heterocycles. The number of nitrogens with zero attached hydrogens (tertiary/aromatic N) is 4. The number of nitrogens with one attached hydrogen (secondary N) is 2. The summed E-state index contributed by atoms with van der Waals surface area (Å²) in [4.78, 5) is 31.6. The average Bonchev–Trinajstić information content (AvgIpc) is 3.22. The maximum atomic E-state index is 12.9. The number of hydrogen-bond donors (Lipinski definition) is 3. The highest BCUT2D eigenvalue weighted by atomic mass is 16.1. The minimum Gasteiger partial charge on any atom is -0.369 e. The Morgan fingerprint density at radius 1 is 1.22 bits per heavy atom. The molecule has 8 heteroatoms. The SMILES string of the molecule is Cc1ccc(-c2cnc3[nH]cc(NC(=O)c4cccnc4)c3c2N2CCC[C@@H](N)C2)cn1. The fourth-order valence-electron chi connectivity index (χ4n) is 4.25. The largest absolute Gasteiger partial charge is 0.369 e. The van der Waals surface area contributed by atoms with Crippen molar-refractivity contribution in [2.24, 2.45) is 5.73 Å². The molecule has 32 heavy (non-hydrogen) atoms. The van der Waals surface area contributed by atoms with Gasteiger partial charge in [-0.25, -0.2) is 4.98 Å². The van der Waals surface area contributed by atoms with Gasteiger partial charge in [0, 0.05) is 66.9 Å². The van der Waals surface area contributed by atoms with Crippen LogP contribution in [-0.4, -0.2) is 45.0 Å². The lowest BCUT2D eigenvalue weighted by Gasteiger charge is -2.34. The molecule has 4 aromatic rings. The van der Waals surface area contributed by atoms with Crippen LogP contribution in [0.3, 0.4) is 0 Å². The first-order chi connectivity index (χ1) is 15.6. The Morgan fingerprint density at radius 2 is 2.12 bits per heavy atom. The summed E-state index contributed by atoms with van der Waals surface area (Å²) in [5.41, 5.74) is 12.1. The van der Waals surface area contributed by atoms with Crippen molar-refractivity contribution in [2.75, 3.05) is 23.3 Å². The zero-order valence-electron chi connectivity index (χ0n) is 17.9. The zero-order valence-corrected chi connectivity index (χ0v) is 17.9. The van der Waals surface area contributed by atoms with Crippen LogP contribution in [0, 0.1) is 6.92 Å². The van der Waals surface area contributed by atoms with Crippen molar-refractivity contribution in [2.45, 2.75) is 25.8 Å². The molecule has 1 amide bonds. The van der Waals surface area contributed by atoms with Crippen LogP contribution in [0.5, 0.6) is 0 Å². The van der Waals surface area contributed by atoms with E-state index < -0.39 is 0 Å². The van der Waals surface area contributed by atoms with Gasteiger partial charge in [-0.15, -0.1) is 0 Å². The predicted octanol–water partition coefficient (Wildman–Crippen LogP) is 3.51. The van der Waals surface area contributed by atoms with Gasteiger partial charge in [-0.2, -0.15) is 0 Å². The van der Waals surface area contributed by atoms with Crippen molar-refractivity contribution in [3.8, 4) is 11.1 Å².